The van der Waals surface area contributed by atoms with E-state index < -0.39 is 0 Å². The molecule has 2 aromatic rings. The average molecular weight is 330 g/mol. The summed E-state index contributed by atoms with van der Waals surface area (Å²) in [7, 11) is 0. The first-order chi connectivity index (χ1) is 9.13. The number of nitrogens with one attached hydrogen (secondary N) is 2. The molecule has 1 aliphatic rings. The Morgan fingerprint density at radius 2 is 1.95 bits per heavy atom. The van der Waals surface area contributed by atoms with Crippen LogP contribution in [0.25, 0.3) is 10.9 Å². The lowest BCUT2D eigenvalue weighted by Gasteiger charge is -2.17. The van der Waals surface area contributed by atoms with Gasteiger partial charge in [0.15, 0.2) is 0 Å². The van der Waals surface area contributed by atoms with E-state index in [1.807, 2.05) is 12.1 Å². The number of pyridine rings is 1. The Bertz CT molecular complexity index is 621. The molecule has 0 unspecified atom stereocenters. The zero-order valence-corrected chi connectivity index (χ0v) is 13.7. The number of aryl methyl sites for hydroxylation is 2. The van der Waals surface area contributed by atoms with Crippen LogP contribution in [0.1, 0.15) is 11.1 Å². The van der Waals surface area contributed by atoms with Crippen LogP contribution < -0.4 is 10.6 Å². The van der Waals surface area contributed by atoms with E-state index in [-0.39, 0.29) is 37.0 Å². The molecule has 1 aromatic carbocycles. The second-order valence-electron chi connectivity index (χ2n) is 5.32. The van der Waals surface area contributed by atoms with Crippen molar-refractivity contribution in [3.05, 3.63) is 35.4 Å². The van der Waals surface area contributed by atoms with Crippen LogP contribution in [0, 0.1) is 13.8 Å². The summed E-state index contributed by atoms with van der Waals surface area (Å²) in [6.45, 7) is 5.60. The molecule has 0 saturated carbocycles. The minimum absolute atomic E-state index is 0. The predicted octanol–water partition coefficient (Wildman–Crippen LogP) is 2.44. The third kappa shape index (κ3) is 3.77. The van der Waals surface area contributed by atoms with Crippen molar-refractivity contribution in [3.8, 4) is 0 Å². The number of hydrogen-bond acceptors (Lipinski definition) is 4. The molecule has 0 spiro atoms. The second kappa shape index (κ2) is 7.27. The Kier molecular flexibility index (Phi) is 6.23. The molecule has 2 heterocycles. The van der Waals surface area contributed by atoms with E-state index in [4.69, 9.17) is 0 Å². The highest BCUT2D eigenvalue weighted by atomic mass is 35.5. The van der Waals surface area contributed by atoms with E-state index >= 15 is 0 Å². The minimum atomic E-state index is -0.351. The number of anilines is 1. The van der Waals surface area contributed by atoms with Crippen molar-refractivity contribution >= 4 is 41.5 Å². The Morgan fingerprint density at radius 3 is 2.62 bits per heavy atom. The van der Waals surface area contributed by atoms with Gasteiger partial charge in [-0.05, 0) is 37.6 Å². The number of nitrogens with zero attached hydrogens (tertiary/aromatic N) is 1. The number of aliphatic hydroxyl groups is 1. The van der Waals surface area contributed by atoms with Crippen molar-refractivity contribution in [3.63, 3.8) is 0 Å². The normalized spacial score (nSPS) is 20.7. The number of hydrogen-bond donors (Lipinski definition) is 3. The van der Waals surface area contributed by atoms with Crippen LogP contribution in [0.3, 0.4) is 0 Å². The van der Waals surface area contributed by atoms with Gasteiger partial charge in [0.05, 0.1) is 17.7 Å². The van der Waals surface area contributed by atoms with Gasteiger partial charge in [-0.15, -0.1) is 24.8 Å². The van der Waals surface area contributed by atoms with Crippen molar-refractivity contribution in [2.24, 2.45) is 0 Å². The molecule has 3 N–H and O–H groups in total. The van der Waals surface area contributed by atoms with Gasteiger partial charge in [-0.1, -0.05) is 11.6 Å². The first-order valence-corrected chi connectivity index (χ1v) is 6.67. The second-order valence-corrected chi connectivity index (χ2v) is 5.32. The molecule has 0 aliphatic carbocycles. The fourth-order valence-electron chi connectivity index (χ4n) is 2.58. The number of benzene rings is 1. The van der Waals surface area contributed by atoms with E-state index in [1.54, 1.807) is 0 Å². The molecule has 2 atom stereocenters. The quantitative estimate of drug-likeness (QED) is 0.792. The molecule has 0 bridgehead atoms. The Hall–Kier alpha value is -1.07. The van der Waals surface area contributed by atoms with Gasteiger partial charge in [0, 0.05) is 18.5 Å². The summed E-state index contributed by atoms with van der Waals surface area (Å²) in [5, 5.41) is 17.5. The zero-order chi connectivity index (χ0) is 13.4. The first-order valence-electron chi connectivity index (χ1n) is 6.67. The van der Waals surface area contributed by atoms with Crippen LogP contribution in [0.5, 0.6) is 0 Å². The summed E-state index contributed by atoms with van der Waals surface area (Å²) in [6.07, 6.45) is -0.351. The highest BCUT2D eigenvalue weighted by Crippen LogP contribution is 2.22. The predicted molar refractivity (Wildman–Crippen MR) is 92.0 cm³/mol. The van der Waals surface area contributed by atoms with Crippen molar-refractivity contribution in [2.75, 3.05) is 18.4 Å². The fraction of sp³-hybridized carbons (Fsp3) is 0.400. The van der Waals surface area contributed by atoms with Crippen LogP contribution >= 0.6 is 24.8 Å². The van der Waals surface area contributed by atoms with Gasteiger partial charge in [0.25, 0.3) is 0 Å². The van der Waals surface area contributed by atoms with Crippen molar-refractivity contribution in [1.82, 2.24) is 10.3 Å². The largest absolute Gasteiger partial charge is 0.390 e. The maximum Gasteiger partial charge on any atom is 0.127 e. The molecular weight excluding hydrogens is 309 g/mol. The molecule has 6 heteroatoms. The van der Waals surface area contributed by atoms with Gasteiger partial charge >= 0.3 is 0 Å². The molecule has 0 amide bonds. The maximum atomic E-state index is 9.82. The van der Waals surface area contributed by atoms with Gasteiger partial charge < -0.3 is 15.7 Å². The zero-order valence-electron chi connectivity index (χ0n) is 12.1. The molecule has 1 fully saturated rings. The SMILES string of the molecule is Cc1ccc2nc(N[C@@H]3CNC[C@H]3O)cc(C)c2c1.Cl.Cl. The van der Waals surface area contributed by atoms with Crippen molar-refractivity contribution < 1.29 is 5.11 Å². The number of rotatable bonds is 2. The highest BCUT2D eigenvalue weighted by molar-refractivity contribution is 5.86. The molecule has 1 saturated heterocycles. The summed E-state index contributed by atoms with van der Waals surface area (Å²) < 4.78 is 0. The lowest BCUT2D eigenvalue weighted by molar-refractivity contribution is 0.185. The van der Waals surface area contributed by atoms with Crippen molar-refractivity contribution in [2.45, 2.75) is 26.0 Å². The topological polar surface area (TPSA) is 57.2 Å². The van der Waals surface area contributed by atoms with E-state index in [0.717, 1.165) is 17.9 Å². The van der Waals surface area contributed by atoms with Gasteiger partial charge in [-0.2, -0.15) is 0 Å². The van der Waals surface area contributed by atoms with Gasteiger partial charge in [-0.3, -0.25) is 0 Å². The summed E-state index contributed by atoms with van der Waals surface area (Å²) in [6, 6.07) is 8.37. The molecule has 1 aromatic heterocycles. The lowest BCUT2D eigenvalue weighted by Crippen LogP contribution is -2.32. The highest BCUT2D eigenvalue weighted by Gasteiger charge is 2.24. The monoisotopic (exact) mass is 329 g/mol. The number of halogens is 2. The van der Waals surface area contributed by atoms with Crippen LogP contribution in [0.4, 0.5) is 5.82 Å². The van der Waals surface area contributed by atoms with Crippen LogP contribution in [0.2, 0.25) is 0 Å². The maximum absolute atomic E-state index is 9.82. The van der Waals surface area contributed by atoms with E-state index in [0.29, 0.717) is 6.54 Å². The Labute approximate surface area is 137 Å². The number of aliphatic hydroxyl groups excluding tert-OH is 1. The smallest absolute Gasteiger partial charge is 0.127 e. The number of β-amino-alcohol motifs (C(OH)–C–C–N with tert-alkyl or cyclic N) is 1. The molecule has 116 valence electrons. The number of fused-ring (bicyclic) bond motifs is 1. The lowest BCUT2D eigenvalue weighted by atomic mass is 10.1. The molecule has 21 heavy (non-hydrogen) atoms. The van der Waals surface area contributed by atoms with Crippen LogP contribution in [-0.2, 0) is 0 Å². The standard InChI is InChI=1S/C15H19N3O.2ClH/c1-9-3-4-12-11(5-9)10(2)6-15(17-12)18-13-7-16-8-14(13)19;;/h3-6,13-14,16,19H,7-8H2,1-2H3,(H,17,18);2*1H/t13-,14-;;/m1../s1. The molecule has 0 radical (unpaired) electrons. The molecule has 4 nitrogen and oxygen atoms in total. The summed E-state index contributed by atoms with van der Waals surface area (Å²) in [4.78, 5) is 4.63. The van der Waals surface area contributed by atoms with E-state index in [2.05, 4.69) is 41.6 Å². The van der Waals surface area contributed by atoms with Crippen LogP contribution in [0.15, 0.2) is 24.3 Å². The third-order valence-corrected chi connectivity index (χ3v) is 3.69. The number of aromatic nitrogens is 1. The summed E-state index contributed by atoms with van der Waals surface area (Å²) in [5.74, 6) is 0.835. The Morgan fingerprint density at radius 1 is 1.19 bits per heavy atom. The van der Waals surface area contributed by atoms with Crippen LogP contribution in [-0.4, -0.2) is 35.3 Å². The molecule has 1 aliphatic heterocycles. The molecule has 3 rings (SSSR count). The minimum Gasteiger partial charge on any atom is -0.390 e. The Balaban J connectivity index is 0.00000110. The van der Waals surface area contributed by atoms with Gasteiger partial charge in [0.2, 0.25) is 0 Å². The average Bonchev–Trinajstić information content (AvgIpc) is 2.76. The van der Waals surface area contributed by atoms with Gasteiger partial charge in [0.1, 0.15) is 5.82 Å². The third-order valence-electron chi connectivity index (χ3n) is 3.69. The van der Waals surface area contributed by atoms with E-state index in [9.17, 15) is 5.11 Å². The fourth-order valence-corrected chi connectivity index (χ4v) is 2.58. The molecular formula is C15H21Cl2N3O. The van der Waals surface area contributed by atoms with E-state index in [1.165, 1.54) is 16.5 Å². The van der Waals surface area contributed by atoms with Gasteiger partial charge in [-0.25, -0.2) is 4.98 Å². The summed E-state index contributed by atoms with van der Waals surface area (Å²) >= 11 is 0. The first kappa shape index (κ1) is 18.0. The van der Waals surface area contributed by atoms with Crippen molar-refractivity contribution in [1.29, 1.82) is 0 Å². The summed E-state index contributed by atoms with van der Waals surface area (Å²) in [5.41, 5.74) is 3.44.